The largest absolute Gasteiger partial charge is 0.508 e. The van der Waals surface area contributed by atoms with Crippen LogP contribution in [-0.4, -0.2) is 39.7 Å². The summed E-state index contributed by atoms with van der Waals surface area (Å²) >= 11 is 0. The van der Waals surface area contributed by atoms with Crippen molar-refractivity contribution in [2.45, 2.75) is 73.6 Å². The predicted octanol–water partition coefficient (Wildman–Crippen LogP) is 7.00. The molecule has 0 spiro atoms. The van der Waals surface area contributed by atoms with E-state index in [1.807, 2.05) is 13.0 Å². The highest BCUT2D eigenvalue weighted by atomic mass is 16.7. The molecule has 0 N–H and O–H groups in total. The Morgan fingerprint density at radius 2 is 1.30 bits per heavy atom. The Balaban J connectivity index is 0. The van der Waals surface area contributed by atoms with Crippen LogP contribution in [0.3, 0.4) is 0 Å². The van der Waals surface area contributed by atoms with Crippen LogP contribution in [0.15, 0.2) is 34.9 Å². The van der Waals surface area contributed by atoms with E-state index in [1.165, 1.54) is 30.9 Å². The molecule has 0 rings (SSSR count). The lowest BCUT2D eigenvalue weighted by Gasteiger charge is -2.09. The van der Waals surface area contributed by atoms with Crippen LogP contribution in [0.4, 0.5) is 9.59 Å². The molecule has 0 radical (unpaired) electrons. The van der Waals surface area contributed by atoms with Gasteiger partial charge in [0.25, 0.3) is 0 Å². The molecule has 0 aliphatic rings. The highest BCUT2D eigenvalue weighted by Crippen LogP contribution is 2.12. The molecule has 0 saturated heterocycles. The van der Waals surface area contributed by atoms with Gasteiger partial charge in [-0.3, -0.25) is 0 Å². The fourth-order valence-electron chi connectivity index (χ4n) is 2.20. The zero-order valence-electron chi connectivity index (χ0n) is 20.2. The minimum atomic E-state index is -0.636. The standard InChI is InChI=1S/C12H22O3.C12H20O3/c2*1-10(2)6-5-7-11(3)8-9-15-12(13)14-4/h6,11H,5,7-9H2,1-4H3;6,8H,5,7,9H2,1-4H3/b;11-8+. The van der Waals surface area contributed by atoms with Crippen LogP contribution >= 0.6 is 0 Å². The summed E-state index contributed by atoms with van der Waals surface area (Å²) in [5, 5.41) is 0. The van der Waals surface area contributed by atoms with E-state index >= 15 is 0 Å². The molecule has 0 heterocycles. The second kappa shape index (κ2) is 20.0. The molecular weight excluding hydrogens is 384 g/mol. The number of allylic oxidation sites excluding steroid dienone is 5. The summed E-state index contributed by atoms with van der Waals surface area (Å²) in [6.45, 7) is 13.3. The van der Waals surface area contributed by atoms with Crippen LogP contribution in [0.25, 0.3) is 0 Å². The second-order valence-electron chi connectivity index (χ2n) is 7.69. The summed E-state index contributed by atoms with van der Waals surface area (Å²) in [6, 6.07) is 0. The summed E-state index contributed by atoms with van der Waals surface area (Å²) in [4.78, 5) is 21.3. The van der Waals surface area contributed by atoms with Crippen LogP contribution in [0, 0.1) is 5.92 Å². The lowest BCUT2D eigenvalue weighted by Crippen LogP contribution is -2.08. The molecular formula is C24H42O6. The van der Waals surface area contributed by atoms with Gasteiger partial charge >= 0.3 is 12.3 Å². The van der Waals surface area contributed by atoms with Crippen LogP contribution in [0.2, 0.25) is 0 Å². The third-order valence-corrected chi connectivity index (χ3v) is 4.10. The monoisotopic (exact) mass is 426 g/mol. The Hall–Kier alpha value is -2.24. The van der Waals surface area contributed by atoms with E-state index in [-0.39, 0.29) is 6.61 Å². The molecule has 0 aromatic heterocycles. The first-order chi connectivity index (χ1) is 14.1. The molecule has 174 valence electrons. The smallest absolute Gasteiger partial charge is 0.438 e. The van der Waals surface area contributed by atoms with Gasteiger partial charge in [-0.15, -0.1) is 0 Å². The maximum Gasteiger partial charge on any atom is 0.508 e. The zero-order chi connectivity index (χ0) is 23.4. The molecule has 0 aliphatic heterocycles. The molecule has 1 unspecified atom stereocenters. The van der Waals surface area contributed by atoms with Crippen molar-refractivity contribution < 1.29 is 28.5 Å². The third-order valence-electron chi connectivity index (χ3n) is 4.10. The van der Waals surface area contributed by atoms with Gasteiger partial charge in [-0.2, -0.15) is 0 Å². The normalized spacial score (nSPS) is 11.3. The molecule has 0 aliphatic carbocycles. The van der Waals surface area contributed by atoms with Crippen LogP contribution in [0.5, 0.6) is 0 Å². The maximum absolute atomic E-state index is 10.6. The highest BCUT2D eigenvalue weighted by molar-refractivity contribution is 5.59. The Morgan fingerprint density at radius 3 is 1.83 bits per heavy atom. The quantitative estimate of drug-likeness (QED) is 0.261. The predicted molar refractivity (Wildman–Crippen MR) is 122 cm³/mol. The minimum Gasteiger partial charge on any atom is -0.438 e. The molecule has 6 nitrogen and oxygen atoms in total. The molecule has 0 bridgehead atoms. The summed E-state index contributed by atoms with van der Waals surface area (Å²) in [7, 11) is 2.62. The second-order valence-corrected chi connectivity index (χ2v) is 7.69. The molecule has 0 fully saturated rings. The third kappa shape index (κ3) is 23.8. The lowest BCUT2D eigenvalue weighted by molar-refractivity contribution is 0.0684. The number of ether oxygens (including phenoxy) is 4. The van der Waals surface area contributed by atoms with Gasteiger partial charge in [0.1, 0.15) is 6.61 Å². The van der Waals surface area contributed by atoms with E-state index in [4.69, 9.17) is 9.47 Å². The van der Waals surface area contributed by atoms with E-state index < -0.39 is 12.3 Å². The van der Waals surface area contributed by atoms with Crippen molar-refractivity contribution in [1.82, 2.24) is 0 Å². The molecule has 0 aromatic rings. The van der Waals surface area contributed by atoms with Crippen LogP contribution in [0.1, 0.15) is 73.6 Å². The number of carbonyl (C=O) groups excluding carboxylic acids is 2. The van der Waals surface area contributed by atoms with Gasteiger partial charge < -0.3 is 18.9 Å². The minimum absolute atomic E-state index is 0.285. The van der Waals surface area contributed by atoms with Crippen LogP contribution in [-0.2, 0) is 18.9 Å². The Bertz CT molecular complexity index is 552. The van der Waals surface area contributed by atoms with E-state index in [0.717, 1.165) is 32.1 Å². The van der Waals surface area contributed by atoms with E-state index in [2.05, 4.69) is 56.2 Å². The van der Waals surface area contributed by atoms with Gasteiger partial charge in [0.2, 0.25) is 0 Å². The highest BCUT2D eigenvalue weighted by Gasteiger charge is 2.04. The fraction of sp³-hybridized carbons (Fsp3) is 0.667. The van der Waals surface area contributed by atoms with Gasteiger partial charge in [-0.05, 0) is 78.7 Å². The SMILES string of the molecule is COC(=O)OC/C=C(\C)CCC=C(C)C.COC(=O)OCCC(C)CCC=C(C)C. The number of methoxy groups -OCH3 is 2. The molecule has 6 heteroatoms. The average molecular weight is 427 g/mol. The average Bonchev–Trinajstić information content (AvgIpc) is 2.67. The number of hydrogen-bond acceptors (Lipinski definition) is 6. The number of hydrogen-bond donors (Lipinski definition) is 0. The fourth-order valence-corrected chi connectivity index (χ4v) is 2.20. The molecule has 0 saturated carbocycles. The van der Waals surface area contributed by atoms with E-state index in [0.29, 0.717) is 12.5 Å². The van der Waals surface area contributed by atoms with Crippen LogP contribution < -0.4 is 0 Å². The maximum atomic E-state index is 10.6. The molecule has 1 atom stereocenters. The summed E-state index contributed by atoms with van der Waals surface area (Å²) in [5.41, 5.74) is 3.90. The zero-order valence-corrected chi connectivity index (χ0v) is 20.2. The first kappa shape index (κ1) is 30.0. The number of rotatable bonds is 11. The van der Waals surface area contributed by atoms with Crippen molar-refractivity contribution in [2.75, 3.05) is 27.4 Å². The van der Waals surface area contributed by atoms with E-state index in [1.54, 1.807) is 0 Å². The van der Waals surface area contributed by atoms with Gasteiger partial charge in [0.05, 0.1) is 20.8 Å². The van der Waals surface area contributed by atoms with Gasteiger partial charge in [0.15, 0.2) is 0 Å². The Kier molecular flexibility index (Phi) is 20.0. The van der Waals surface area contributed by atoms with Crippen molar-refractivity contribution in [1.29, 1.82) is 0 Å². The van der Waals surface area contributed by atoms with Crippen molar-refractivity contribution in [3.63, 3.8) is 0 Å². The van der Waals surface area contributed by atoms with Crippen molar-refractivity contribution in [3.05, 3.63) is 34.9 Å². The lowest BCUT2D eigenvalue weighted by atomic mass is 10.0. The van der Waals surface area contributed by atoms with Gasteiger partial charge in [-0.25, -0.2) is 9.59 Å². The summed E-state index contributed by atoms with van der Waals surface area (Å²) in [6.07, 6.45) is 10.3. The Morgan fingerprint density at radius 1 is 0.767 bits per heavy atom. The Labute approximate surface area is 183 Å². The first-order valence-electron chi connectivity index (χ1n) is 10.5. The van der Waals surface area contributed by atoms with Gasteiger partial charge in [0, 0.05) is 0 Å². The molecule has 0 aromatic carbocycles. The van der Waals surface area contributed by atoms with Crippen molar-refractivity contribution in [2.24, 2.45) is 5.92 Å². The molecule has 0 amide bonds. The van der Waals surface area contributed by atoms with Crippen molar-refractivity contribution in [3.8, 4) is 0 Å². The van der Waals surface area contributed by atoms with Crippen molar-refractivity contribution >= 4 is 12.3 Å². The first-order valence-corrected chi connectivity index (χ1v) is 10.5. The molecule has 30 heavy (non-hydrogen) atoms. The van der Waals surface area contributed by atoms with Gasteiger partial charge in [-0.1, -0.05) is 35.8 Å². The summed E-state index contributed by atoms with van der Waals surface area (Å²) in [5.74, 6) is 0.574. The topological polar surface area (TPSA) is 71.1 Å². The number of carbonyl (C=O) groups is 2. The summed E-state index contributed by atoms with van der Waals surface area (Å²) < 4.78 is 18.3. The van der Waals surface area contributed by atoms with E-state index in [9.17, 15) is 9.59 Å².